The lowest BCUT2D eigenvalue weighted by atomic mass is 10.1. The van der Waals surface area contributed by atoms with Crippen LogP contribution in [0.2, 0.25) is 0 Å². The van der Waals surface area contributed by atoms with Gasteiger partial charge in [-0.15, -0.1) is 0 Å². The molecule has 0 spiro atoms. The summed E-state index contributed by atoms with van der Waals surface area (Å²) in [6.45, 7) is 6.13. The Morgan fingerprint density at radius 2 is 1.62 bits per heavy atom. The van der Waals surface area contributed by atoms with Crippen molar-refractivity contribution in [1.29, 1.82) is 0 Å². The second-order valence-electron chi connectivity index (χ2n) is 6.73. The largest absolute Gasteiger partial charge is 0.484 e. The van der Waals surface area contributed by atoms with Gasteiger partial charge < -0.3 is 14.5 Å². The monoisotopic (exact) mass is 363 g/mol. The molecular weight excluding hydrogens is 338 g/mol. The van der Waals surface area contributed by atoms with Gasteiger partial charge in [0.05, 0.1) is 4.92 Å². The van der Waals surface area contributed by atoms with E-state index in [4.69, 9.17) is 4.74 Å². The van der Waals surface area contributed by atoms with Crippen LogP contribution in [0.15, 0.2) is 24.3 Å². The maximum absolute atomic E-state index is 12.2. The minimum atomic E-state index is -0.489. The van der Waals surface area contributed by atoms with E-state index in [2.05, 4.69) is 13.8 Å². The number of non-ortho nitro benzene ring substituents is 1. The number of hydrogen-bond acceptors (Lipinski definition) is 5. The van der Waals surface area contributed by atoms with Crippen LogP contribution >= 0.6 is 0 Å². The van der Waals surface area contributed by atoms with Crippen LogP contribution in [-0.4, -0.2) is 59.3 Å². The zero-order valence-electron chi connectivity index (χ0n) is 15.2. The van der Waals surface area contributed by atoms with E-state index in [0.717, 1.165) is 6.42 Å². The lowest BCUT2D eigenvalue weighted by Crippen LogP contribution is -2.51. The minimum Gasteiger partial charge on any atom is -0.484 e. The van der Waals surface area contributed by atoms with Crippen LogP contribution in [0.1, 0.15) is 26.7 Å². The summed E-state index contributed by atoms with van der Waals surface area (Å²) in [5, 5.41) is 10.6. The molecule has 1 aromatic rings. The molecule has 1 saturated heterocycles. The third-order valence-electron chi connectivity index (χ3n) is 4.33. The molecule has 1 fully saturated rings. The number of amides is 2. The van der Waals surface area contributed by atoms with Crippen molar-refractivity contribution in [3.05, 3.63) is 34.4 Å². The van der Waals surface area contributed by atoms with Crippen LogP contribution in [0, 0.1) is 16.0 Å². The lowest BCUT2D eigenvalue weighted by Gasteiger charge is -2.34. The molecule has 0 saturated carbocycles. The van der Waals surface area contributed by atoms with E-state index in [1.165, 1.54) is 24.3 Å². The molecule has 0 N–H and O–H groups in total. The van der Waals surface area contributed by atoms with Gasteiger partial charge in [0, 0.05) is 44.7 Å². The van der Waals surface area contributed by atoms with E-state index in [1.807, 2.05) is 4.90 Å². The molecular formula is C18H25N3O5. The molecule has 0 radical (unpaired) electrons. The summed E-state index contributed by atoms with van der Waals surface area (Å²) in [6, 6.07) is 5.61. The van der Waals surface area contributed by atoms with Crippen molar-refractivity contribution < 1.29 is 19.2 Å². The second-order valence-corrected chi connectivity index (χ2v) is 6.73. The first-order valence-electron chi connectivity index (χ1n) is 8.79. The van der Waals surface area contributed by atoms with Crippen molar-refractivity contribution >= 4 is 17.5 Å². The molecule has 0 aromatic heterocycles. The van der Waals surface area contributed by atoms with E-state index in [0.29, 0.717) is 44.3 Å². The maximum Gasteiger partial charge on any atom is 0.269 e. The summed E-state index contributed by atoms with van der Waals surface area (Å²) >= 11 is 0. The molecule has 8 nitrogen and oxygen atoms in total. The van der Waals surface area contributed by atoms with Gasteiger partial charge in [-0.3, -0.25) is 19.7 Å². The van der Waals surface area contributed by atoms with Crippen molar-refractivity contribution in [3.63, 3.8) is 0 Å². The van der Waals surface area contributed by atoms with Crippen LogP contribution in [-0.2, 0) is 9.59 Å². The van der Waals surface area contributed by atoms with Crippen LogP contribution in [0.4, 0.5) is 5.69 Å². The Labute approximate surface area is 152 Å². The molecule has 0 bridgehead atoms. The van der Waals surface area contributed by atoms with Gasteiger partial charge in [-0.25, -0.2) is 0 Å². The number of rotatable bonds is 7. The smallest absolute Gasteiger partial charge is 0.269 e. The molecule has 2 amide bonds. The van der Waals surface area contributed by atoms with Crippen LogP contribution in [0.25, 0.3) is 0 Å². The molecule has 0 aliphatic carbocycles. The molecule has 0 atom stereocenters. The van der Waals surface area contributed by atoms with Crippen molar-refractivity contribution in [2.75, 3.05) is 32.8 Å². The Morgan fingerprint density at radius 3 is 2.12 bits per heavy atom. The fourth-order valence-electron chi connectivity index (χ4n) is 2.68. The highest BCUT2D eigenvalue weighted by Crippen LogP contribution is 2.17. The standard InChI is InChI=1S/C18H25N3O5/c1-14(2)3-8-17(22)19-9-11-20(12-10-19)18(23)13-26-16-6-4-15(5-7-16)21(24)25/h4-7,14H,3,8-13H2,1-2H3. The Kier molecular flexibility index (Phi) is 6.94. The molecule has 1 heterocycles. The summed E-state index contributed by atoms with van der Waals surface area (Å²) in [5.41, 5.74) is -0.0260. The van der Waals surface area contributed by atoms with Gasteiger partial charge in [0.15, 0.2) is 6.61 Å². The summed E-state index contributed by atoms with van der Waals surface area (Å²) in [7, 11) is 0. The Balaban J connectivity index is 1.74. The predicted molar refractivity (Wildman–Crippen MR) is 95.8 cm³/mol. The zero-order valence-corrected chi connectivity index (χ0v) is 15.2. The Morgan fingerprint density at radius 1 is 1.08 bits per heavy atom. The topological polar surface area (TPSA) is 93.0 Å². The normalized spacial score (nSPS) is 14.4. The van der Waals surface area contributed by atoms with Gasteiger partial charge in [-0.2, -0.15) is 0 Å². The summed E-state index contributed by atoms with van der Waals surface area (Å²) in [4.78, 5) is 37.9. The van der Waals surface area contributed by atoms with E-state index in [-0.39, 0.29) is 24.1 Å². The number of nitro benzene ring substituents is 1. The highest BCUT2D eigenvalue weighted by Gasteiger charge is 2.24. The fourth-order valence-corrected chi connectivity index (χ4v) is 2.68. The maximum atomic E-state index is 12.2. The number of hydrogen-bond donors (Lipinski definition) is 0. The summed E-state index contributed by atoms with van der Waals surface area (Å²) in [6.07, 6.45) is 1.43. The second kappa shape index (κ2) is 9.17. The fraction of sp³-hybridized carbons (Fsp3) is 0.556. The van der Waals surface area contributed by atoms with E-state index >= 15 is 0 Å². The summed E-state index contributed by atoms with van der Waals surface area (Å²) in [5.74, 6) is 0.899. The van der Waals surface area contributed by atoms with Gasteiger partial charge in [0.1, 0.15) is 5.75 Å². The first-order valence-corrected chi connectivity index (χ1v) is 8.79. The first-order chi connectivity index (χ1) is 12.4. The number of benzene rings is 1. The SMILES string of the molecule is CC(C)CCC(=O)N1CCN(C(=O)COc2ccc([N+](=O)[O-])cc2)CC1. The number of ether oxygens (including phenoxy) is 1. The number of carbonyl (C=O) groups excluding carboxylic acids is 2. The van der Waals surface area contributed by atoms with Crippen molar-refractivity contribution in [2.45, 2.75) is 26.7 Å². The third-order valence-corrected chi connectivity index (χ3v) is 4.33. The molecule has 2 rings (SSSR count). The molecule has 1 aliphatic heterocycles. The molecule has 0 unspecified atom stereocenters. The average molecular weight is 363 g/mol. The lowest BCUT2D eigenvalue weighted by molar-refractivity contribution is -0.384. The highest BCUT2D eigenvalue weighted by molar-refractivity contribution is 5.79. The van der Waals surface area contributed by atoms with Gasteiger partial charge in [0.2, 0.25) is 5.91 Å². The van der Waals surface area contributed by atoms with Gasteiger partial charge in [0.25, 0.3) is 11.6 Å². The predicted octanol–water partition coefficient (Wildman–Crippen LogP) is 2.08. The quantitative estimate of drug-likeness (QED) is 0.546. The number of nitro groups is 1. The molecule has 1 aliphatic rings. The highest BCUT2D eigenvalue weighted by atomic mass is 16.6. The van der Waals surface area contributed by atoms with Gasteiger partial charge >= 0.3 is 0 Å². The summed E-state index contributed by atoms with van der Waals surface area (Å²) < 4.78 is 5.40. The van der Waals surface area contributed by atoms with Crippen LogP contribution in [0.3, 0.4) is 0 Å². The number of nitrogens with zero attached hydrogens (tertiary/aromatic N) is 3. The Bertz CT molecular complexity index is 637. The Hall–Kier alpha value is -2.64. The molecule has 26 heavy (non-hydrogen) atoms. The third kappa shape index (κ3) is 5.72. The van der Waals surface area contributed by atoms with Crippen molar-refractivity contribution in [3.8, 4) is 5.75 Å². The van der Waals surface area contributed by atoms with Crippen LogP contribution < -0.4 is 4.74 Å². The average Bonchev–Trinajstić information content (AvgIpc) is 2.64. The first kappa shape index (κ1) is 19.7. The zero-order chi connectivity index (χ0) is 19.1. The van der Waals surface area contributed by atoms with Crippen molar-refractivity contribution in [2.24, 2.45) is 5.92 Å². The van der Waals surface area contributed by atoms with Crippen molar-refractivity contribution in [1.82, 2.24) is 9.80 Å². The molecule has 8 heteroatoms. The number of carbonyl (C=O) groups is 2. The molecule has 142 valence electrons. The van der Waals surface area contributed by atoms with Gasteiger partial charge in [-0.1, -0.05) is 13.8 Å². The van der Waals surface area contributed by atoms with Gasteiger partial charge in [-0.05, 0) is 24.5 Å². The van der Waals surface area contributed by atoms with E-state index in [1.54, 1.807) is 4.90 Å². The number of piperazine rings is 1. The van der Waals surface area contributed by atoms with E-state index < -0.39 is 4.92 Å². The van der Waals surface area contributed by atoms with Crippen LogP contribution in [0.5, 0.6) is 5.75 Å². The molecule has 1 aromatic carbocycles. The van der Waals surface area contributed by atoms with E-state index in [9.17, 15) is 19.7 Å². The minimum absolute atomic E-state index is 0.0260.